The summed E-state index contributed by atoms with van der Waals surface area (Å²) in [5.41, 5.74) is 2.19. The molecule has 4 nitrogen and oxygen atoms in total. The Balaban J connectivity index is 2.01. The van der Waals surface area contributed by atoms with Crippen LogP contribution in [-0.2, 0) is 11.3 Å². The summed E-state index contributed by atoms with van der Waals surface area (Å²) >= 11 is 11.4. The number of thiophene rings is 1. The third kappa shape index (κ3) is 3.01. The van der Waals surface area contributed by atoms with Crippen LogP contribution in [0.3, 0.4) is 0 Å². The molecule has 1 unspecified atom stereocenters. The van der Waals surface area contributed by atoms with Gasteiger partial charge in [-0.2, -0.15) is 0 Å². The van der Waals surface area contributed by atoms with Crippen LogP contribution >= 0.6 is 38.9 Å². The van der Waals surface area contributed by atoms with Crippen LogP contribution in [-0.4, -0.2) is 12.1 Å². The van der Waals surface area contributed by atoms with Crippen LogP contribution in [0.25, 0.3) is 11.1 Å². The number of nitrogens with one attached hydrogen (secondary N) is 1. The molecule has 3 heterocycles. The standard InChI is InChI=1S/C15H14BrClN2O2S/c1-8(20-2)14-12(16)13-15(21-14)10(6-11(17)19-13)18-7-9-4-3-5-22-9/h3-6,8H,7H2,1-2H3,(H,18,19). The number of furan rings is 1. The van der Waals surface area contributed by atoms with Crippen molar-refractivity contribution in [3.63, 3.8) is 0 Å². The van der Waals surface area contributed by atoms with Crippen molar-refractivity contribution in [3.05, 3.63) is 43.8 Å². The number of nitrogens with zero attached hydrogens (tertiary/aromatic N) is 1. The zero-order chi connectivity index (χ0) is 15.7. The molecule has 1 N–H and O–H groups in total. The van der Waals surface area contributed by atoms with E-state index in [1.54, 1.807) is 24.5 Å². The van der Waals surface area contributed by atoms with Gasteiger partial charge >= 0.3 is 0 Å². The van der Waals surface area contributed by atoms with E-state index in [4.69, 9.17) is 20.8 Å². The minimum Gasteiger partial charge on any atom is -0.453 e. The Morgan fingerprint density at radius 2 is 2.36 bits per heavy atom. The van der Waals surface area contributed by atoms with Crippen LogP contribution in [0.15, 0.2) is 32.5 Å². The predicted octanol–water partition coefficient (Wildman–Crippen LogP) is 5.62. The van der Waals surface area contributed by atoms with Crippen molar-refractivity contribution in [2.45, 2.75) is 19.6 Å². The number of hydrogen-bond acceptors (Lipinski definition) is 5. The van der Waals surface area contributed by atoms with Gasteiger partial charge in [-0.05, 0) is 34.3 Å². The minimum atomic E-state index is -0.174. The lowest BCUT2D eigenvalue weighted by molar-refractivity contribution is 0.100. The Hall–Kier alpha value is -1.08. The predicted molar refractivity (Wildman–Crippen MR) is 93.8 cm³/mol. The van der Waals surface area contributed by atoms with Gasteiger partial charge < -0.3 is 14.5 Å². The molecule has 0 aliphatic heterocycles. The first-order chi connectivity index (χ1) is 10.6. The second-order valence-corrected chi connectivity index (χ2v) is 6.97. The van der Waals surface area contributed by atoms with E-state index >= 15 is 0 Å². The fourth-order valence-corrected chi connectivity index (χ4v) is 3.63. The van der Waals surface area contributed by atoms with Crippen LogP contribution in [0.1, 0.15) is 23.7 Å². The maximum atomic E-state index is 6.14. The lowest BCUT2D eigenvalue weighted by Gasteiger charge is -2.06. The molecule has 22 heavy (non-hydrogen) atoms. The summed E-state index contributed by atoms with van der Waals surface area (Å²) in [5, 5.41) is 5.82. The van der Waals surface area contributed by atoms with Crippen molar-refractivity contribution in [1.29, 1.82) is 0 Å². The molecule has 3 rings (SSSR count). The fourth-order valence-electron chi connectivity index (χ4n) is 2.12. The highest BCUT2D eigenvalue weighted by molar-refractivity contribution is 9.10. The summed E-state index contributed by atoms with van der Waals surface area (Å²) in [6, 6.07) is 5.88. The molecule has 0 aromatic carbocycles. The minimum absolute atomic E-state index is 0.174. The lowest BCUT2D eigenvalue weighted by atomic mass is 10.3. The van der Waals surface area contributed by atoms with Gasteiger partial charge in [-0.15, -0.1) is 11.3 Å². The summed E-state index contributed by atoms with van der Waals surface area (Å²) in [5.74, 6) is 0.700. The van der Waals surface area contributed by atoms with Crippen molar-refractivity contribution >= 4 is 55.7 Å². The molecule has 0 aliphatic rings. The van der Waals surface area contributed by atoms with Crippen LogP contribution in [0.5, 0.6) is 0 Å². The normalized spacial score (nSPS) is 12.7. The number of fused-ring (bicyclic) bond motifs is 1. The summed E-state index contributed by atoms with van der Waals surface area (Å²) in [4.78, 5) is 5.58. The molecular formula is C15H14BrClN2O2S. The molecule has 0 saturated carbocycles. The van der Waals surface area contributed by atoms with E-state index in [-0.39, 0.29) is 6.10 Å². The number of halogens is 2. The molecule has 3 aromatic heterocycles. The molecule has 7 heteroatoms. The summed E-state index contributed by atoms with van der Waals surface area (Å²) in [7, 11) is 1.64. The highest BCUT2D eigenvalue weighted by atomic mass is 79.9. The number of pyridine rings is 1. The quantitative estimate of drug-likeness (QED) is 0.563. The number of ether oxygens (including phenoxy) is 1. The number of anilines is 1. The zero-order valence-corrected chi connectivity index (χ0v) is 15.2. The van der Waals surface area contributed by atoms with Gasteiger partial charge in [0.15, 0.2) is 5.58 Å². The SMILES string of the molecule is COC(C)c1oc2c(NCc3cccs3)cc(Cl)nc2c1Br. The smallest absolute Gasteiger partial charge is 0.177 e. The molecule has 3 aromatic rings. The van der Waals surface area contributed by atoms with Gasteiger partial charge in [0.2, 0.25) is 0 Å². The molecule has 0 bridgehead atoms. The van der Waals surface area contributed by atoms with Crippen LogP contribution in [0.2, 0.25) is 5.15 Å². The maximum absolute atomic E-state index is 6.14. The Kier molecular flexibility index (Phi) is 4.73. The Morgan fingerprint density at radius 3 is 3.05 bits per heavy atom. The molecular weight excluding hydrogens is 388 g/mol. The number of methoxy groups -OCH3 is 1. The zero-order valence-electron chi connectivity index (χ0n) is 12.0. The first-order valence-electron chi connectivity index (χ1n) is 6.67. The van der Waals surface area contributed by atoms with Crippen molar-refractivity contribution in [2.24, 2.45) is 0 Å². The van der Waals surface area contributed by atoms with Crippen molar-refractivity contribution in [3.8, 4) is 0 Å². The third-order valence-corrected chi connectivity index (χ3v) is 5.17. The molecule has 0 saturated heterocycles. The fraction of sp³-hybridized carbons (Fsp3) is 0.267. The average Bonchev–Trinajstić information content (AvgIpc) is 3.13. The number of hydrogen-bond donors (Lipinski definition) is 1. The molecule has 1 atom stereocenters. The average molecular weight is 402 g/mol. The first kappa shape index (κ1) is 15.8. The Morgan fingerprint density at radius 1 is 1.55 bits per heavy atom. The second kappa shape index (κ2) is 6.58. The van der Waals surface area contributed by atoms with E-state index in [0.29, 0.717) is 28.6 Å². The maximum Gasteiger partial charge on any atom is 0.177 e. The van der Waals surface area contributed by atoms with E-state index in [0.717, 1.165) is 10.2 Å². The topological polar surface area (TPSA) is 47.3 Å². The summed E-state index contributed by atoms with van der Waals surface area (Å²) in [6.07, 6.45) is -0.174. The number of rotatable bonds is 5. The lowest BCUT2D eigenvalue weighted by Crippen LogP contribution is -1.98. The van der Waals surface area contributed by atoms with Crippen molar-refractivity contribution in [2.75, 3.05) is 12.4 Å². The molecule has 0 fully saturated rings. The van der Waals surface area contributed by atoms with Gasteiger partial charge in [-0.3, -0.25) is 0 Å². The third-order valence-electron chi connectivity index (χ3n) is 3.33. The monoisotopic (exact) mass is 400 g/mol. The van der Waals surface area contributed by atoms with Crippen molar-refractivity contribution < 1.29 is 9.15 Å². The van der Waals surface area contributed by atoms with Gasteiger partial charge in [0.05, 0.1) is 10.2 Å². The summed E-state index contributed by atoms with van der Waals surface area (Å²) in [6.45, 7) is 2.63. The van der Waals surface area contributed by atoms with E-state index in [9.17, 15) is 0 Å². The van der Waals surface area contributed by atoms with Gasteiger partial charge in [0.1, 0.15) is 22.5 Å². The molecule has 0 spiro atoms. The summed E-state index contributed by atoms with van der Waals surface area (Å²) < 4.78 is 12.1. The van der Waals surface area contributed by atoms with Crippen molar-refractivity contribution in [1.82, 2.24) is 4.98 Å². The first-order valence-corrected chi connectivity index (χ1v) is 8.72. The highest BCUT2D eigenvalue weighted by Crippen LogP contribution is 2.38. The van der Waals surface area contributed by atoms with Gasteiger partial charge in [-0.25, -0.2) is 4.98 Å². The van der Waals surface area contributed by atoms with Gasteiger partial charge in [-0.1, -0.05) is 17.7 Å². The van der Waals surface area contributed by atoms with E-state index < -0.39 is 0 Å². The van der Waals surface area contributed by atoms with Crippen LogP contribution in [0, 0.1) is 0 Å². The van der Waals surface area contributed by atoms with Gasteiger partial charge in [0, 0.05) is 24.6 Å². The number of aromatic nitrogens is 1. The molecule has 116 valence electrons. The van der Waals surface area contributed by atoms with E-state index in [1.807, 2.05) is 18.4 Å². The largest absolute Gasteiger partial charge is 0.453 e. The Bertz CT molecular complexity index is 789. The molecule has 0 aliphatic carbocycles. The highest BCUT2D eigenvalue weighted by Gasteiger charge is 2.21. The second-order valence-electron chi connectivity index (χ2n) is 4.76. The van der Waals surface area contributed by atoms with Crippen LogP contribution < -0.4 is 5.32 Å². The van der Waals surface area contributed by atoms with E-state index in [2.05, 4.69) is 32.3 Å². The van der Waals surface area contributed by atoms with E-state index in [1.165, 1.54) is 4.88 Å². The molecule has 0 radical (unpaired) electrons. The van der Waals surface area contributed by atoms with Gasteiger partial charge in [0.25, 0.3) is 0 Å². The van der Waals surface area contributed by atoms with Crippen LogP contribution in [0.4, 0.5) is 5.69 Å². The molecule has 0 amide bonds. The Labute approximate surface area is 145 Å².